The lowest BCUT2D eigenvalue weighted by atomic mass is 9.99. The third-order valence-corrected chi connectivity index (χ3v) is 4.59. The number of carbonyl (C=O) groups excluding carboxylic acids is 1. The summed E-state index contributed by atoms with van der Waals surface area (Å²) in [6.45, 7) is 1.97. The summed E-state index contributed by atoms with van der Waals surface area (Å²) in [5, 5.41) is 2.96. The molecule has 0 saturated carbocycles. The Morgan fingerprint density at radius 3 is 2.31 bits per heavy atom. The van der Waals surface area contributed by atoms with Crippen molar-refractivity contribution in [2.75, 3.05) is 40.2 Å². The molecule has 0 spiro atoms. The predicted molar refractivity (Wildman–Crippen MR) is 101 cm³/mol. The Morgan fingerprint density at radius 2 is 1.69 bits per heavy atom. The average molecular weight is 356 g/mol. The number of benzene rings is 2. The van der Waals surface area contributed by atoms with Gasteiger partial charge in [-0.3, -0.25) is 4.79 Å². The van der Waals surface area contributed by atoms with Crippen LogP contribution in [0.2, 0.25) is 0 Å². The third-order valence-electron chi connectivity index (χ3n) is 4.59. The van der Waals surface area contributed by atoms with Crippen molar-refractivity contribution in [1.29, 1.82) is 0 Å². The number of hydrogen-bond donors (Lipinski definition) is 1. The number of carbonyl (C=O) groups is 1. The Bertz CT molecular complexity index is 794. The second kappa shape index (κ2) is 7.66. The van der Waals surface area contributed by atoms with E-state index in [1.54, 1.807) is 12.1 Å². The lowest BCUT2D eigenvalue weighted by Crippen LogP contribution is -2.26. The summed E-state index contributed by atoms with van der Waals surface area (Å²) in [7, 11) is 6.70. The molecule has 0 fully saturated rings. The molecule has 26 heavy (non-hydrogen) atoms. The van der Waals surface area contributed by atoms with Crippen LogP contribution in [0.1, 0.15) is 21.5 Å². The first-order chi connectivity index (χ1) is 12.5. The summed E-state index contributed by atoms with van der Waals surface area (Å²) in [5.41, 5.74) is 3.82. The van der Waals surface area contributed by atoms with Crippen molar-refractivity contribution in [1.82, 2.24) is 4.90 Å². The number of nitrogens with zero attached hydrogens (tertiary/aromatic N) is 1. The fraction of sp³-hybridized carbons (Fsp3) is 0.350. The van der Waals surface area contributed by atoms with Gasteiger partial charge >= 0.3 is 0 Å². The fourth-order valence-corrected chi connectivity index (χ4v) is 3.19. The van der Waals surface area contributed by atoms with Crippen LogP contribution in [-0.2, 0) is 13.0 Å². The van der Waals surface area contributed by atoms with Crippen molar-refractivity contribution < 1.29 is 19.0 Å². The van der Waals surface area contributed by atoms with Crippen LogP contribution in [0.15, 0.2) is 30.3 Å². The van der Waals surface area contributed by atoms with Crippen LogP contribution in [0.5, 0.6) is 17.2 Å². The molecule has 2 aromatic rings. The summed E-state index contributed by atoms with van der Waals surface area (Å²) in [6.07, 6.45) is 0.986. The minimum Gasteiger partial charge on any atom is -0.493 e. The number of methoxy groups -OCH3 is 3. The Kier molecular flexibility index (Phi) is 5.32. The normalized spacial score (nSPS) is 13.7. The molecule has 0 atom stereocenters. The molecular weight excluding hydrogens is 332 g/mol. The first-order valence-corrected chi connectivity index (χ1v) is 8.47. The molecule has 138 valence electrons. The highest BCUT2D eigenvalue weighted by atomic mass is 16.5. The molecule has 0 unspecified atom stereocenters. The van der Waals surface area contributed by atoms with E-state index in [1.807, 2.05) is 6.07 Å². The molecule has 0 aliphatic carbocycles. The number of nitrogens with one attached hydrogen (secondary N) is 1. The smallest absolute Gasteiger partial charge is 0.255 e. The van der Waals surface area contributed by atoms with Gasteiger partial charge in [0.2, 0.25) is 5.75 Å². The molecule has 0 saturated heterocycles. The number of hydrogen-bond acceptors (Lipinski definition) is 5. The summed E-state index contributed by atoms with van der Waals surface area (Å²) >= 11 is 0. The predicted octanol–water partition coefficient (Wildman–Crippen LogP) is 2.95. The highest BCUT2D eigenvalue weighted by molar-refractivity contribution is 6.05. The summed E-state index contributed by atoms with van der Waals surface area (Å²) in [6, 6.07) is 9.36. The van der Waals surface area contributed by atoms with E-state index < -0.39 is 0 Å². The van der Waals surface area contributed by atoms with Crippen LogP contribution in [0.25, 0.3) is 0 Å². The van der Waals surface area contributed by atoms with Crippen molar-refractivity contribution in [3.05, 3.63) is 47.0 Å². The number of rotatable bonds is 5. The zero-order valence-electron chi connectivity index (χ0n) is 15.6. The maximum absolute atomic E-state index is 12.7. The highest BCUT2D eigenvalue weighted by Crippen LogP contribution is 2.38. The van der Waals surface area contributed by atoms with Gasteiger partial charge in [-0.2, -0.15) is 0 Å². The van der Waals surface area contributed by atoms with Gasteiger partial charge in [-0.1, -0.05) is 6.07 Å². The van der Waals surface area contributed by atoms with E-state index in [-0.39, 0.29) is 5.91 Å². The summed E-state index contributed by atoms with van der Waals surface area (Å²) < 4.78 is 15.9. The van der Waals surface area contributed by atoms with Gasteiger partial charge in [-0.25, -0.2) is 0 Å². The SMILES string of the molecule is COc1cc(C(=O)Nc2ccc3c(c2)CCN(C)C3)cc(OC)c1OC. The van der Waals surface area contributed by atoms with E-state index in [0.717, 1.165) is 25.2 Å². The van der Waals surface area contributed by atoms with E-state index >= 15 is 0 Å². The lowest BCUT2D eigenvalue weighted by molar-refractivity contribution is 0.102. The average Bonchev–Trinajstić information content (AvgIpc) is 2.66. The van der Waals surface area contributed by atoms with Gasteiger partial charge in [-0.05, 0) is 48.9 Å². The molecule has 1 amide bonds. The maximum atomic E-state index is 12.7. The van der Waals surface area contributed by atoms with E-state index in [0.29, 0.717) is 22.8 Å². The van der Waals surface area contributed by atoms with Gasteiger partial charge in [0.1, 0.15) is 0 Å². The number of likely N-dealkylation sites (N-methyl/N-ethyl adjacent to an activating group) is 1. The van der Waals surface area contributed by atoms with Crippen LogP contribution in [0, 0.1) is 0 Å². The van der Waals surface area contributed by atoms with Gasteiger partial charge in [0.15, 0.2) is 11.5 Å². The van der Waals surface area contributed by atoms with Crippen molar-refractivity contribution in [3.8, 4) is 17.2 Å². The first-order valence-electron chi connectivity index (χ1n) is 8.47. The van der Waals surface area contributed by atoms with E-state index in [9.17, 15) is 4.79 Å². The second-order valence-electron chi connectivity index (χ2n) is 6.34. The molecule has 1 N–H and O–H groups in total. The standard InChI is InChI=1S/C20H24N2O4/c1-22-8-7-13-9-16(6-5-14(13)12-22)21-20(23)15-10-17(24-2)19(26-4)18(11-15)25-3/h5-6,9-11H,7-8,12H2,1-4H3,(H,21,23). The monoisotopic (exact) mass is 356 g/mol. The number of ether oxygens (including phenoxy) is 3. The van der Waals surface area contributed by atoms with Gasteiger partial charge in [0, 0.05) is 24.3 Å². The Balaban J connectivity index is 1.84. The Morgan fingerprint density at radius 1 is 1.00 bits per heavy atom. The van der Waals surface area contributed by atoms with E-state index in [4.69, 9.17) is 14.2 Å². The molecule has 2 aromatic carbocycles. The summed E-state index contributed by atoms with van der Waals surface area (Å²) in [5.74, 6) is 1.14. The molecule has 1 aliphatic heterocycles. The molecule has 1 aliphatic rings. The minimum absolute atomic E-state index is 0.225. The minimum atomic E-state index is -0.225. The highest BCUT2D eigenvalue weighted by Gasteiger charge is 2.18. The summed E-state index contributed by atoms with van der Waals surface area (Å²) in [4.78, 5) is 15.0. The molecule has 6 heteroatoms. The van der Waals surface area contributed by atoms with Crippen LogP contribution < -0.4 is 19.5 Å². The van der Waals surface area contributed by atoms with Crippen molar-refractivity contribution in [2.45, 2.75) is 13.0 Å². The van der Waals surface area contributed by atoms with Crippen molar-refractivity contribution in [2.24, 2.45) is 0 Å². The zero-order valence-corrected chi connectivity index (χ0v) is 15.6. The lowest BCUT2D eigenvalue weighted by Gasteiger charge is -2.25. The Hall–Kier alpha value is -2.73. The maximum Gasteiger partial charge on any atom is 0.255 e. The van der Waals surface area contributed by atoms with Crippen molar-refractivity contribution in [3.63, 3.8) is 0 Å². The Labute approximate surface area is 153 Å². The molecule has 3 rings (SSSR count). The molecule has 0 bridgehead atoms. The van der Waals surface area contributed by atoms with Crippen molar-refractivity contribution >= 4 is 11.6 Å². The van der Waals surface area contributed by atoms with Crippen LogP contribution in [-0.4, -0.2) is 45.7 Å². The number of anilines is 1. The van der Waals surface area contributed by atoms with Crippen LogP contribution in [0.4, 0.5) is 5.69 Å². The molecule has 6 nitrogen and oxygen atoms in total. The molecule has 1 heterocycles. The van der Waals surface area contributed by atoms with Crippen LogP contribution in [0.3, 0.4) is 0 Å². The number of fused-ring (bicyclic) bond motifs is 1. The molecular formula is C20H24N2O4. The van der Waals surface area contributed by atoms with Gasteiger partial charge in [0.25, 0.3) is 5.91 Å². The van der Waals surface area contributed by atoms with E-state index in [1.165, 1.54) is 32.5 Å². The van der Waals surface area contributed by atoms with Crippen LogP contribution >= 0.6 is 0 Å². The van der Waals surface area contributed by atoms with Gasteiger partial charge in [0.05, 0.1) is 21.3 Å². The van der Waals surface area contributed by atoms with Gasteiger partial charge in [-0.15, -0.1) is 0 Å². The second-order valence-corrected chi connectivity index (χ2v) is 6.34. The fourth-order valence-electron chi connectivity index (χ4n) is 3.19. The topological polar surface area (TPSA) is 60.0 Å². The quantitative estimate of drug-likeness (QED) is 0.893. The van der Waals surface area contributed by atoms with E-state index in [2.05, 4.69) is 29.4 Å². The molecule has 0 radical (unpaired) electrons. The van der Waals surface area contributed by atoms with Gasteiger partial charge < -0.3 is 24.4 Å². The zero-order chi connectivity index (χ0) is 18.7. The third kappa shape index (κ3) is 3.60. The number of amides is 1. The first kappa shape index (κ1) is 18.1. The largest absolute Gasteiger partial charge is 0.493 e. The molecule has 0 aromatic heterocycles.